The highest BCUT2D eigenvalue weighted by molar-refractivity contribution is 6.39. The van der Waals surface area contributed by atoms with Crippen LogP contribution < -0.4 is 15.6 Å². The van der Waals surface area contributed by atoms with E-state index in [1.165, 1.54) is 25.4 Å². The van der Waals surface area contributed by atoms with E-state index in [2.05, 4.69) is 15.5 Å². The average molecular weight is 474 g/mol. The third-order valence-corrected chi connectivity index (χ3v) is 6.14. The number of H-pyrrole nitrogens is 1. The van der Waals surface area contributed by atoms with Crippen LogP contribution in [0.5, 0.6) is 5.75 Å². The summed E-state index contributed by atoms with van der Waals surface area (Å²) in [6, 6.07) is 11.4. The summed E-state index contributed by atoms with van der Waals surface area (Å²) in [7, 11) is 1.44. The van der Waals surface area contributed by atoms with Crippen molar-refractivity contribution in [3.05, 3.63) is 80.2 Å². The summed E-state index contributed by atoms with van der Waals surface area (Å²) in [5, 5.41) is 18.8. The SMILES string of the molecule is COc1cn[nH]c(=O)c1-c1ccc(C2CC2(NC(=O)c2c(Cl)cccc2Cl)C(=O)O)cc1. The summed E-state index contributed by atoms with van der Waals surface area (Å²) in [4.78, 5) is 37.0. The second-order valence-corrected chi connectivity index (χ2v) is 8.16. The average Bonchev–Trinajstić information content (AvgIpc) is 3.49. The zero-order valence-electron chi connectivity index (χ0n) is 16.7. The number of methoxy groups -OCH3 is 1. The molecule has 3 aromatic rings. The lowest BCUT2D eigenvalue weighted by atomic mass is 10.0. The van der Waals surface area contributed by atoms with Crippen molar-refractivity contribution < 1.29 is 19.4 Å². The molecular formula is C22H17Cl2N3O5. The summed E-state index contributed by atoms with van der Waals surface area (Å²) >= 11 is 12.2. The third kappa shape index (κ3) is 3.72. The number of hydrogen-bond donors (Lipinski definition) is 3. The summed E-state index contributed by atoms with van der Waals surface area (Å²) < 4.78 is 5.21. The minimum absolute atomic E-state index is 0.0291. The number of nitrogens with zero attached hydrogens (tertiary/aromatic N) is 1. The smallest absolute Gasteiger partial charge is 0.330 e. The lowest BCUT2D eigenvalue weighted by molar-refractivity contribution is -0.140. The van der Waals surface area contributed by atoms with Crippen LogP contribution in [0.1, 0.15) is 28.3 Å². The number of aromatic amines is 1. The fourth-order valence-electron chi connectivity index (χ4n) is 3.77. The first-order valence-electron chi connectivity index (χ1n) is 9.50. The number of carbonyl (C=O) groups excluding carboxylic acids is 1. The number of nitrogens with one attached hydrogen (secondary N) is 2. The molecule has 3 N–H and O–H groups in total. The molecule has 2 atom stereocenters. The summed E-state index contributed by atoms with van der Waals surface area (Å²) in [5.41, 5.74) is -0.258. The molecule has 1 amide bonds. The quantitative estimate of drug-likeness (QED) is 0.503. The van der Waals surface area contributed by atoms with E-state index in [1.54, 1.807) is 30.3 Å². The fraction of sp³-hybridized carbons (Fsp3) is 0.182. The number of benzene rings is 2. The monoisotopic (exact) mass is 473 g/mol. The van der Waals surface area contributed by atoms with Crippen LogP contribution >= 0.6 is 23.2 Å². The highest BCUT2D eigenvalue weighted by atomic mass is 35.5. The van der Waals surface area contributed by atoms with Crippen molar-refractivity contribution in [1.82, 2.24) is 15.5 Å². The van der Waals surface area contributed by atoms with Gasteiger partial charge >= 0.3 is 5.97 Å². The van der Waals surface area contributed by atoms with E-state index >= 15 is 0 Å². The first kappa shape index (κ1) is 21.9. The second kappa shape index (κ2) is 8.29. The van der Waals surface area contributed by atoms with Crippen molar-refractivity contribution in [2.24, 2.45) is 0 Å². The number of aliphatic carboxylic acids is 1. The van der Waals surface area contributed by atoms with Gasteiger partial charge in [0.15, 0.2) is 5.75 Å². The molecule has 1 aliphatic rings. The number of rotatable bonds is 6. The Morgan fingerprint density at radius 3 is 2.44 bits per heavy atom. The zero-order valence-corrected chi connectivity index (χ0v) is 18.2. The highest BCUT2D eigenvalue weighted by Crippen LogP contribution is 2.52. The van der Waals surface area contributed by atoms with Crippen molar-refractivity contribution in [2.75, 3.05) is 7.11 Å². The van der Waals surface area contributed by atoms with Crippen molar-refractivity contribution in [3.8, 4) is 16.9 Å². The summed E-state index contributed by atoms with van der Waals surface area (Å²) in [6.45, 7) is 0. The zero-order chi connectivity index (χ0) is 23.0. The predicted molar refractivity (Wildman–Crippen MR) is 118 cm³/mol. The van der Waals surface area contributed by atoms with E-state index in [0.717, 1.165) is 0 Å². The predicted octanol–water partition coefficient (Wildman–Crippen LogP) is 3.49. The van der Waals surface area contributed by atoms with Gasteiger partial charge < -0.3 is 15.2 Å². The van der Waals surface area contributed by atoms with E-state index in [9.17, 15) is 19.5 Å². The molecule has 1 saturated carbocycles. The minimum Gasteiger partial charge on any atom is -0.494 e. The summed E-state index contributed by atoms with van der Waals surface area (Å²) in [5.74, 6) is -1.96. The first-order chi connectivity index (χ1) is 15.3. The molecule has 1 aromatic heterocycles. The van der Waals surface area contributed by atoms with Gasteiger partial charge in [-0.05, 0) is 29.7 Å². The maximum atomic E-state index is 12.8. The van der Waals surface area contributed by atoms with Crippen molar-refractivity contribution >= 4 is 35.1 Å². The lowest BCUT2D eigenvalue weighted by Crippen LogP contribution is -2.44. The van der Waals surface area contributed by atoms with E-state index in [1.807, 2.05) is 0 Å². The lowest BCUT2D eigenvalue weighted by Gasteiger charge is -2.16. The molecule has 1 aliphatic carbocycles. The van der Waals surface area contributed by atoms with Gasteiger partial charge in [0.25, 0.3) is 11.5 Å². The van der Waals surface area contributed by atoms with Gasteiger partial charge in [0.1, 0.15) is 5.54 Å². The molecule has 0 saturated heterocycles. The number of carboxylic acids is 1. The van der Waals surface area contributed by atoms with E-state index in [4.69, 9.17) is 27.9 Å². The molecule has 0 aliphatic heterocycles. The van der Waals surface area contributed by atoms with Crippen LogP contribution in [-0.2, 0) is 4.79 Å². The number of carbonyl (C=O) groups is 2. The minimum atomic E-state index is -1.48. The van der Waals surface area contributed by atoms with Crippen LogP contribution in [0.4, 0.5) is 0 Å². The molecular weight excluding hydrogens is 457 g/mol. The molecule has 1 fully saturated rings. The van der Waals surface area contributed by atoms with Gasteiger partial charge in [-0.25, -0.2) is 9.89 Å². The molecule has 2 aromatic carbocycles. The molecule has 164 valence electrons. The Balaban J connectivity index is 1.61. The van der Waals surface area contributed by atoms with Gasteiger partial charge in [0.2, 0.25) is 0 Å². The van der Waals surface area contributed by atoms with Crippen LogP contribution in [0.3, 0.4) is 0 Å². The number of halogens is 2. The van der Waals surface area contributed by atoms with Crippen molar-refractivity contribution in [3.63, 3.8) is 0 Å². The Kier molecular flexibility index (Phi) is 5.66. The van der Waals surface area contributed by atoms with Crippen molar-refractivity contribution in [2.45, 2.75) is 17.9 Å². The van der Waals surface area contributed by atoms with Crippen LogP contribution in [0.2, 0.25) is 10.0 Å². The van der Waals surface area contributed by atoms with Crippen LogP contribution in [-0.4, -0.2) is 39.8 Å². The first-order valence-corrected chi connectivity index (χ1v) is 10.3. The topological polar surface area (TPSA) is 121 Å². The Morgan fingerprint density at radius 2 is 1.84 bits per heavy atom. The number of ether oxygens (including phenoxy) is 1. The molecule has 0 radical (unpaired) electrons. The summed E-state index contributed by atoms with van der Waals surface area (Å²) in [6.07, 6.45) is 1.60. The van der Waals surface area contributed by atoms with Gasteiger partial charge in [-0.3, -0.25) is 9.59 Å². The van der Waals surface area contributed by atoms with E-state index in [-0.39, 0.29) is 22.0 Å². The standard InChI is InChI=1S/C22H17Cl2N3O5/c1-32-16-10-25-27-20(29)17(16)12-7-5-11(6-8-12)13-9-22(13,21(30)31)26-19(28)18-14(23)3-2-4-15(18)24/h2-8,10,13H,9H2,1H3,(H,26,28)(H,27,29)(H,30,31). The van der Waals surface area contributed by atoms with E-state index in [0.29, 0.717) is 22.4 Å². The van der Waals surface area contributed by atoms with Crippen LogP contribution in [0.15, 0.2) is 53.5 Å². The Morgan fingerprint density at radius 1 is 1.19 bits per heavy atom. The van der Waals surface area contributed by atoms with Crippen molar-refractivity contribution in [1.29, 1.82) is 0 Å². The molecule has 4 rings (SSSR count). The van der Waals surface area contributed by atoms with Gasteiger partial charge in [0, 0.05) is 5.92 Å². The maximum Gasteiger partial charge on any atom is 0.330 e. The highest BCUT2D eigenvalue weighted by Gasteiger charge is 2.62. The number of aromatic nitrogens is 2. The number of amides is 1. The van der Waals surface area contributed by atoms with Gasteiger partial charge in [0.05, 0.1) is 34.5 Å². The van der Waals surface area contributed by atoms with Crippen LogP contribution in [0.25, 0.3) is 11.1 Å². The molecule has 10 heteroatoms. The largest absolute Gasteiger partial charge is 0.494 e. The van der Waals surface area contributed by atoms with Gasteiger partial charge in [-0.2, -0.15) is 5.10 Å². The van der Waals surface area contributed by atoms with E-state index < -0.39 is 28.9 Å². The van der Waals surface area contributed by atoms with Crippen LogP contribution in [0, 0.1) is 0 Å². The third-order valence-electron chi connectivity index (χ3n) is 5.51. The molecule has 8 nitrogen and oxygen atoms in total. The molecule has 0 spiro atoms. The number of hydrogen-bond acceptors (Lipinski definition) is 5. The Bertz CT molecular complexity index is 1260. The van der Waals surface area contributed by atoms with Gasteiger partial charge in [-0.15, -0.1) is 0 Å². The second-order valence-electron chi connectivity index (χ2n) is 7.35. The molecule has 1 heterocycles. The molecule has 0 bridgehead atoms. The normalized spacial score (nSPS) is 19.3. The Labute approximate surface area is 192 Å². The maximum absolute atomic E-state index is 12.8. The molecule has 32 heavy (non-hydrogen) atoms. The molecule has 2 unspecified atom stereocenters. The van der Waals surface area contributed by atoms with Gasteiger partial charge in [-0.1, -0.05) is 53.5 Å². The fourth-order valence-corrected chi connectivity index (χ4v) is 4.33. The Hall–Kier alpha value is -3.36. The number of carboxylic acid groups (broad SMARTS) is 1.